The molecular weight excluding hydrogens is 383 g/mol. The lowest BCUT2D eigenvalue weighted by Crippen LogP contribution is -2.41. The number of rotatable bonds is 6. The van der Waals surface area contributed by atoms with Gasteiger partial charge in [-0.2, -0.15) is 0 Å². The molecule has 1 aliphatic heterocycles. The summed E-state index contributed by atoms with van der Waals surface area (Å²) in [4.78, 5) is 15.0. The first kappa shape index (κ1) is 20.4. The van der Waals surface area contributed by atoms with Crippen LogP contribution < -0.4 is 14.8 Å². The Balaban J connectivity index is 1.81. The lowest BCUT2D eigenvalue weighted by Gasteiger charge is -2.31. The fraction of sp³-hybridized carbons (Fsp3) is 0.381. The molecule has 1 saturated heterocycles. The molecule has 5 nitrogen and oxygen atoms in total. The highest BCUT2D eigenvalue weighted by Crippen LogP contribution is 2.40. The van der Waals surface area contributed by atoms with Crippen molar-refractivity contribution in [2.75, 3.05) is 26.1 Å². The third-order valence-corrected chi connectivity index (χ3v) is 5.47. The molecular formula is C21H24ClFN2O3. The summed E-state index contributed by atoms with van der Waals surface area (Å²) >= 11 is 6.04. The zero-order valence-electron chi connectivity index (χ0n) is 16.2. The molecule has 1 aliphatic rings. The second-order valence-electron chi connectivity index (χ2n) is 6.79. The van der Waals surface area contributed by atoms with Crippen LogP contribution in [0.25, 0.3) is 0 Å². The summed E-state index contributed by atoms with van der Waals surface area (Å²) in [5.41, 5.74) is 1.40. The van der Waals surface area contributed by atoms with Crippen LogP contribution in [0.5, 0.6) is 11.5 Å². The maximum Gasteiger partial charge on any atom is 0.241 e. The van der Waals surface area contributed by atoms with E-state index in [0.29, 0.717) is 5.69 Å². The summed E-state index contributed by atoms with van der Waals surface area (Å²) in [5.74, 6) is 0.882. The van der Waals surface area contributed by atoms with E-state index in [-0.39, 0.29) is 17.0 Å². The number of halogens is 2. The maximum atomic E-state index is 13.2. The average molecular weight is 407 g/mol. The molecule has 2 aromatic carbocycles. The van der Waals surface area contributed by atoms with Gasteiger partial charge in [-0.15, -0.1) is 0 Å². The van der Waals surface area contributed by atoms with E-state index >= 15 is 0 Å². The molecule has 7 heteroatoms. The van der Waals surface area contributed by atoms with Crippen LogP contribution in [0.1, 0.15) is 31.4 Å². The van der Waals surface area contributed by atoms with Crippen molar-refractivity contribution in [1.29, 1.82) is 0 Å². The van der Waals surface area contributed by atoms with E-state index in [1.807, 2.05) is 25.1 Å². The zero-order chi connectivity index (χ0) is 20.3. The number of likely N-dealkylation sites (tertiary alicyclic amines) is 1. The molecule has 28 heavy (non-hydrogen) atoms. The van der Waals surface area contributed by atoms with Crippen molar-refractivity contribution in [3.8, 4) is 11.5 Å². The predicted molar refractivity (Wildman–Crippen MR) is 108 cm³/mol. The van der Waals surface area contributed by atoms with Crippen molar-refractivity contribution in [2.24, 2.45) is 0 Å². The second-order valence-corrected chi connectivity index (χ2v) is 7.20. The minimum Gasteiger partial charge on any atom is -0.497 e. The van der Waals surface area contributed by atoms with Gasteiger partial charge in [0.2, 0.25) is 5.91 Å². The van der Waals surface area contributed by atoms with Gasteiger partial charge in [0.05, 0.1) is 31.0 Å². The molecule has 0 aliphatic carbocycles. The third-order valence-electron chi connectivity index (χ3n) is 5.16. The van der Waals surface area contributed by atoms with Crippen LogP contribution in [0.4, 0.5) is 10.1 Å². The molecule has 1 fully saturated rings. The van der Waals surface area contributed by atoms with Gasteiger partial charge in [-0.3, -0.25) is 9.69 Å². The lowest BCUT2D eigenvalue weighted by atomic mass is 10.0. The van der Waals surface area contributed by atoms with E-state index in [1.165, 1.54) is 18.2 Å². The Hall–Kier alpha value is -2.31. The third kappa shape index (κ3) is 4.23. The normalized spacial score (nSPS) is 18.0. The Morgan fingerprint density at radius 3 is 2.71 bits per heavy atom. The summed E-state index contributed by atoms with van der Waals surface area (Å²) in [6.45, 7) is 2.65. The van der Waals surface area contributed by atoms with Crippen LogP contribution in [0.2, 0.25) is 5.02 Å². The number of benzene rings is 2. The fourth-order valence-corrected chi connectivity index (χ4v) is 3.88. The van der Waals surface area contributed by atoms with Crippen LogP contribution in [-0.2, 0) is 4.79 Å². The van der Waals surface area contributed by atoms with Gasteiger partial charge in [0.15, 0.2) is 0 Å². The van der Waals surface area contributed by atoms with Gasteiger partial charge in [-0.05, 0) is 62.7 Å². The number of hydrogen-bond donors (Lipinski definition) is 1. The topological polar surface area (TPSA) is 50.8 Å². The highest BCUT2D eigenvalue weighted by atomic mass is 35.5. The Morgan fingerprint density at radius 1 is 1.25 bits per heavy atom. The van der Waals surface area contributed by atoms with Crippen LogP contribution >= 0.6 is 11.6 Å². The highest BCUT2D eigenvalue weighted by Gasteiger charge is 2.34. The monoisotopic (exact) mass is 406 g/mol. The van der Waals surface area contributed by atoms with E-state index in [4.69, 9.17) is 21.1 Å². The van der Waals surface area contributed by atoms with Gasteiger partial charge in [0.25, 0.3) is 0 Å². The standard InChI is InChI=1S/C21H24ClFN2O3/c1-13(21(26)24-18-8-6-14(23)11-17(18)22)25-10-4-5-19(25)16-12-15(27-2)7-9-20(16)28-3/h6-9,11-13,19H,4-5,10H2,1-3H3,(H,24,26)/t13-,19-/m1/s1. The van der Waals surface area contributed by atoms with Crippen LogP contribution in [-0.4, -0.2) is 37.6 Å². The molecule has 0 saturated carbocycles. The number of ether oxygens (including phenoxy) is 2. The molecule has 0 unspecified atom stereocenters. The van der Waals surface area contributed by atoms with Gasteiger partial charge < -0.3 is 14.8 Å². The largest absolute Gasteiger partial charge is 0.497 e. The van der Waals surface area contributed by atoms with Gasteiger partial charge in [-0.25, -0.2) is 4.39 Å². The number of nitrogens with zero attached hydrogens (tertiary/aromatic N) is 1. The van der Waals surface area contributed by atoms with E-state index in [9.17, 15) is 9.18 Å². The van der Waals surface area contributed by atoms with Crippen LogP contribution in [0, 0.1) is 5.82 Å². The zero-order valence-corrected chi connectivity index (χ0v) is 16.9. The van der Waals surface area contributed by atoms with Crippen molar-refractivity contribution < 1.29 is 18.7 Å². The Labute approximate surface area is 169 Å². The Kier molecular flexibility index (Phi) is 6.42. The second kappa shape index (κ2) is 8.80. The lowest BCUT2D eigenvalue weighted by molar-refractivity contribution is -0.121. The number of methoxy groups -OCH3 is 2. The number of nitrogens with one attached hydrogen (secondary N) is 1. The molecule has 0 bridgehead atoms. The summed E-state index contributed by atoms with van der Waals surface area (Å²) in [7, 11) is 3.26. The number of anilines is 1. The highest BCUT2D eigenvalue weighted by molar-refractivity contribution is 6.33. The average Bonchev–Trinajstić information content (AvgIpc) is 3.18. The molecule has 2 aromatic rings. The quantitative estimate of drug-likeness (QED) is 0.758. The fourth-order valence-electron chi connectivity index (χ4n) is 3.67. The minimum atomic E-state index is -0.444. The van der Waals surface area contributed by atoms with Crippen molar-refractivity contribution in [3.63, 3.8) is 0 Å². The van der Waals surface area contributed by atoms with Gasteiger partial charge >= 0.3 is 0 Å². The van der Waals surface area contributed by atoms with Crippen molar-refractivity contribution >= 4 is 23.2 Å². The minimum absolute atomic E-state index is 0.0366. The smallest absolute Gasteiger partial charge is 0.241 e. The molecule has 1 N–H and O–H groups in total. The van der Waals surface area contributed by atoms with E-state index < -0.39 is 11.9 Å². The van der Waals surface area contributed by atoms with E-state index in [0.717, 1.165) is 36.4 Å². The van der Waals surface area contributed by atoms with Gasteiger partial charge in [0, 0.05) is 11.6 Å². The number of amides is 1. The van der Waals surface area contributed by atoms with Crippen molar-refractivity contribution in [3.05, 3.63) is 52.8 Å². The van der Waals surface area contributed by atoms with E-state index in [2.05, 4.69) is 10.2 Å². The molecule has 0 aromatic heterocycles. The van der Waals surface area contributed by atoms with Crippen molar-refractivity contribution in [1.82, 2.24) is 4.90 Å². The predicted octanol–water partition coefficient (Wildman–Crippen LogP) is 4.66. The Morgan fingerprint density at radius 2 is 2.04 bits per heavy atom. The van der Waals surface area contributed by atoms with Gasteiger partial charge in [0.1, 0.15) is 17.3 Å². The van der Waals surface area contributed by atoms with Gasteiger partial charge in [-0.1, -0.05) is 11.6 Å². The number of carbonyl (C=O) groups is 1. The maximum absolute atomic E-state index is 13.2. The molecule has 3 rings (SSSR count). The molecule has 150 valence electrons. The first-order valence-corrected chi connectivity index (χ1v) is 9.56. The summed E-state index contributed by atoms with van der Waals surface area (Å²) in [6.07, 6.45) is 1.89. The number of hydrogen-bond acceptors (Lipinski definition) is 4. The summed E-state index contributed by atoms with van der Waals surface area (Å²) < 4.78 is 24.1. The van der Waals surface area contributed by atoms with Crippen molar-refractivity contribution in [2.45, 2.75) is 31.8 Å². The SMILES string of the molecule is COc1ccc(OC)c([C@H]2CCCN2[C@H](C)C(=O)Nc2ccc(F)cc2Cl)c1. The first-order chi connectivity index (χ1) is 13.4. The number of carbonyl (C=O) groups excluding carboxylic acids is 1. The van der Waals surface area contributed by atoms with Crippen LogP contribution in [0.15, 0.2) is 36.4 Å². The summed E-state index contributed by atoms with van der Waals surface area (Å²) in [6, 6.07) is 9.26. The molecule has 2 atom stereocenters. The molecule has 1 heterocycles. The first-order valence-electron chi connectivity index (χ1n) is 9.18. The summed E-state index contributed by atoms with van der Waals surface area (Å²) in [5, 5.41) is 2.98. The van der Waals surface area contributed by atoms with Crippen LogP contribution in [0.3, 0.4) is 0 Å². The Bertz CT molecular complexity index is 862. The van der Waals surface area contributed by atoms with E-state index in [1.54, 1.807) is 14.2 Å². The molecule has 1 amide bonds. The molecule has 0 spiro atoms. The molecule has 0 radical (unpaired) electrons.